The van der Waals surface area contributed by atoms with Crippen molar-refractivity contribution in [3.05, 3.63) is 0 Å². The summed E-state index contributed by atoms with van der Waals surface area (Å²) in [6, 6.07) is 0. The zero-order valence-electron chi connectivity index (χ0n) is 13.7. The second-order valence-electron chi connectivity index (χ2n) is 6.60. The Morgan fingerprint density at radius 3 is 1.17 bits per heavy atom. The average molecular weight is 310 g/mol. The van der Waals surface area contributed by atoms with Gasteiger partial charge in [-0.25, -0.2) is 0 Å². The predicted molar refractivity (Wildman–Crippen MR) is 84.8 cm³/mol. The van der Waals surface area contributed by atoms with Crippen LogP contribution in [0.25, 0.3) is 0 Å². The second kappa shape index (κ2) is 6.29. The lowest BCUT2D eigenvalue weighted by Crippen LogP contribution is -2.71. The maximum absolute atomic E-state index is 5.67. The lowest BCUT2D eigenvalue weighted by atomic mass is 10.8. The van der Waals surface area contributed by atoms with Crippen LogP contribution < -0.4 is 0 Å². The average Bonchev–Trinajstić information content (AvgIpc) is 2.16. The summed E-state index contributed by atoms with van der Waals surface area (Å²) in [5.74, 6) is 0. The van der Waals surface area contributed by atoms with Crippen LogP contribution >= 0.6 is 0 Å². The highest BCUT2D eigenvalue weighted by Gasteiger charge is 2.53. The van der Waals surface area contributed by atoms with E-state index in [4.69, 9.17) is 13.3 Å². The molecule has 0 saturated heterocycles. The van der Waals surface area contributed by atoms with E-state index in [1.165, 1.54) is 0 Å². The summed E-state index contributed by atoms with van der Waals surface area (Å²) in [5.41, 5.74) is 0.204. The van der Waals surface area contributed by atoms with E-state index >= 15 is 0 Å². The van der Waals surface area contributed by atoms with Crippen molar-refractivity contribution in [2.75, 3.05) is 21.3 Å². The molecule has 0 radical (unpaired) electrons. The summed E-state index contributed by atoms with van der Waals surface area (Å²) in [6.07, 6.45) is 0. The van der Waals surface area contributed by atoms with Gasteiger partial charge in [-0.1, -0.05) is 39.3 Å². The summed E-state index contributed by atoms with van der Waals surface area (Å²) < 4.78 is 19.7. The molecule has 1 unspecified atom stereocenters. The van der Waals surface area contributed by atoms with Crippen LogP contribution in [0.2, 0.25) is 39.3 Å². The summed E-state index contributed by atoms with van der Waals surface area (Å²) in [6.45, 7) is 16.5. The van der Waals surface area contributed by atoms with E-state index < -0.39 is 25.3 Å². The molecule has 0 aliphatic rings. The highest BCUT2D eigenvalue weighted by atomic mass is 28.4. The van der Waals surface area contributed by atoms with Gasteiger partial charge in [-0.3, -0.25) is 0 Å². The molecule has 0 aliphatic carbocycles. The van der Waals surface area contributed by atoms with E-state index in [1.54, 1.807) is 21.3 Å². The molecular weight excluding hydrogens is 278 g/mol. The fourth-order valence-electron chi connectivity index (χ4n) is 3.09. The summed E-state index contributed by atoms with van der Waals surface area (Å²) in [5, 5.41) is 0. The Balaban J connectivity index is 5.51. The molecule has 0 heterocycles. The van der Waals surface area contributed by atoms with Crippen molar-refractivity contribution < 1.29 is 13.3 Å². The van der Waals surface area contributed by atoms with E-state index in [2.05, 4.69) is 50.4 Å². The number of hydrogen-bond acceptors (Lipinski definition) is 4. The normalized spacial score (nSPS) is 16.2. The molecule has 0 aliphatic heterocycles. The zero-order valence-corrected chi connectivity index (χ0v) is 16.7. The molecule has 4 nitrogen and oxygen atoms in total. The highest BCUT2D eigenvalue weighted by molar-refractivity contribution is 6.90. The maximum Gasteiger partial charge on any atom is 0.516 e. The monoisotopic (exact) mass is 309 g/mol. The third-order valence-corrected chi connectivity index (χ3v) is 14.4. The van der Waals surface area contributed by atoms with Gasteiger partial charge in [0.2, 0.25) is 0 Å². The van der Waals surface area contributed by atoms with E-state index in [0.29, 0.717) is 0 Å². The third-order valence-electron chi connectivity index (χ3n) is 3.20. The Morgan fingerprint density at radius 2 is 1.00 bits per heavy atom. The quantitative estimate of drug-likeness (QED) is 0.677. The van der Waals surface area contributed by atoms with Crippen LogP contribution in [-0.2, 0) is 13.3 Å². The van der Waals surface area contributed by atoms with Crippen LogP contribution in [0, 0.1) is 0 Å². The van der Waals surface area contributed by atoms with Crippen molar-refractivity contribution >= 4 is 25.3 Å². The first-order valence-electron chi connectivity index (χ1n) is 6.41. The number of nitrogens with zero attached hydrogens (tertiary/aromatic N) is 1. The van der Waals surface area contributed by atoms with Crippen LogP contribution in [0.4, 0.5) is 0 Å². The van der Waals surface area contributed by atoms with E-state index in [0.717, 1.165) is 0 Å². The molecular formula is C11H31NO3Si3. The molecule has 18 heavy (non-hydrogen) atoms. The standard InChI is InChI=1S/C11H31NO3Si3/c1-11(18(13-2,14-3)15-4)12(16(5,6)7)17(8,9)10/h11H,1-10H3. The van der Waals surface area contributed by atoms with Gasteiger partial charge in [-0.15, -0.1) is 0 Å². The summed E-state index contributed by atoms with van der Waals surface area (Å²) in [4.78, 5) is 0. The fraction of sp³-hybridized carbons (Fsp3) is 1.00. The van der Waals surface area contributed by atoms with Crippen molar-refractivity contribution in [2.45, 2.75) is 51.9 Å². The lowest BCUT2D eigenvalue weighted by molar-refractivity contribution is 0.103. The van der Waals surface area contributed by atoms with Gasteiger partial charge >= 0.3 is 8.80 Å². The van der Waals surface area contributed by atoms with Gasteiger partial charge < -0.3 is 17.5 Å². The number of hydrogen-bond donors (Lipinski definition) is 0. The first-order valence-corrected chi connectivity index (χ1v) is 15.1. The highest BCUT2D eigenvalue weighted by Crippen LogP contribution is 2.28. The molecule has 0 fully saturated rings. The van der Waals surface area contributed by atoms with Gasteiger partial charge in [0.05, 0.1) is 5.67 Å². The van der Waals surface area contributed by atoms with E-state index in [1.807, 2.05) is 0 Å². The van der Waals surface area contributed by atoms with Crippen molar-refractivity contribution in [3.8, 4) is 0 Å². The first-order chi connectivity index (χ1) is 7.96. The van der Waals surface area contributed by atoms with Gasteiger partial charge in [0, 0.05) is 21.3 Å². The molecule has 0 saturated carbocycles. The van der Waals surface area contributed by atoms with E-state index in [9.17, 15) is 0 Å². The molecule has 0 bridgehead atoms. The Hall–Kier alpha value is 0.491. The summed E-state index contributed by atoms with van der Waals surface area (Å²) in [7, 11) is -0.426. The molecule has 0 rings (SSSR count). The smallest absolute Gasteiger partial charge is 0.376 e. The summed E-state index contributed by atoms with van der Waals surface area (Å²) >= 11 is 0. The first kappa shape index (κ1) is 18.5. The van der Waals surface area contributed by atoms with Gasteiger partial charge in [-0.05, 0) is 6.92 Å². The van der Waals surface area contributed by atoms with Gasteiger partial charge in [0.25, 0.3) is 0 Å². The fourth-order valence-corrected chi connectivity index (χ4v) is 18.6. The van der Waals surface area contributed by atoms with Crippen LogP contribution in [0.15, 0.2) is 0 Å². The van der Waals surface area contributed by atoms with Gasteiger partial charge in [0.1, 0.15) is 16.5 Å². The van der Waals surface area contributed by atoms with Crippen molar-refractivity contribution in [1.82, 2.24) is 4.23 Å². The minimum absolute atomic E-state index is 0.204. The largest absolute Gasteiger partial charge is 0.516 e. The molecule has 0 aromatic heterocycles. The molecule has 0 amide bonds. The lowest BCUT2D eigenvalue weighted by Gasteiger charge is -2.50. The molecule has 7 heteroatoms. The Kier molecular flexibility index (Phi) is 6.47. The van der Waals surface area contributed by atoms with E-state index in [-0.39, 0.29) is 5.67 Å². The van der Waals surface area contributed by atoms with Crippen LogP contribution in [0.5, 0.6) is 0 Å². The number of rotatable bonds is 7. The maximum atomic E-state index is 5.67. The van der Waals surface area contributed by atoms with Gasteiger partial charge in [0.15, 0.2) is 0 Å². The predicted octanol–water partition coefficient (Wildman–Crippen LogP) is 2.76. The molecule has 0 spiro atoms. The topological polar surface area (TPSA) is 30.9 Å². The van der Waals surface area contributed by atoms with Gasteiger partial charge in [-0.2, -0.15) is 0 Å². The Morgan fingerprint density at radius 1 is 0.722 bits per heavy atom. The minimum Gasteiger partial charge on any atom is -0.376 e. The molecule has 0 aromatic rings. The third kappa shape index (κ3) is 3.99. The van der Waals surface area contributed by atoms with Crippen molar-refractivity contribution in [1.29, 1.82) is 0 Å². The van der Waals surface area contributed by atoms with Crippen LogP contribution in [0.1, 0.15) is 6.92 Å². The molecule has 0 N–H and O–H groups in total. The van der Waals surface area contributed by atoms with Crippen molar-refractivity contribution in [2.24, 2.45) is 0 Å². The molecule has 1 atom stereocenters. The Bertz CT molecular complexity index is 237. The van der Waals surface area contributed by atoms with Crippen LogP contribution in [0.3, 0.4) is 0 Å². The zero-order chi connectivity index (χ0) is 14.8. The second-order valence-corrected chi connectivity index (χ2v) is 20.0. The molecule has 110 valence electrons. The minimum atomic E-state index is -2.61. The van der Waals surface area contributed by atoms with Crippen LogP contribution in [-0.4, -0.2) is 56.5 Å². The SMILES string of the molecule is CO[Si](OC)(OC)C(C)N([Si](C)(C)C)[Si](C)(C)C. The Labute approximate surface area is 116 Å². The molecule has 0 aromatic carbocycles. The van der Waals surface area contributed by atoms with Crippen molar-refractivity contribution in [3.63, 3.8) is 0 Å².